The molecule has 0 aromatic carbocycles. The number of rotatable bonds is 1. The van der Waals surface area contributed by atoms with E-state index in [2.05, 4.69) is 15.9 Å². The predicted molar refractivity (Wildman–Crippen MR) is 51.2 cm³/mol. The van der Waals surface area contributed by atoms with Crippen LogP contribution in [0.25, 0.3) is 0 Å². The predicted octanol–water partition coefficient (Wildman–Crippen LogP) is 1.64. The van der Waals surface area contributed by atoms with Gasteiger partial charge < -0.3 is 4.90 Å². The zero-order valence-electron chi connectivity index (χ0n) is 7.29. The van der Waals surface area contributed by atoms with E-state index in [1.54, 1.807) is 0 Å². The van der Waals surface area contributed by atoms with Crippen LogP contribution < -0.4 is 0 Å². The van der Waals surface area contributed by atoms with E-state index >= 15 is 0 Å². The summed E-state index contributed by atoms with van der Waals surface area (Å²) in [5.74, 6) is 2.06. The van der Waals surface area contributed by atoms with Crippen molar-refractivity contribution in [2.24, 2.45) is 11.8 Å². The third kappa shape index (κ3) is 1.51. The van der Waals surface area contributed by atoms with Crippen molar-refractivity contribution in [2.45, 2.75) is 24.6 Å². The number of amides is 1. The number of hydrogen-bond acceptors (Lipinski definition) is 1. The van der Waals surface area contributed by atoms with Crippen molar-refractivity contribution in [3.05, 3.63) is 0 Å². The minimum atomic E-state index is -0.00667. The van der Waals surface area contributed by atoms with E-state index in [0.717, 1.165) is 24.9 Å². The minimum Gasteiger partial charge on any atom is -0.341 e. The van der Waals surface area contributed by atoms with E-state index < -0.39 is 0 Å². The van der Waals surface area contributed by atoms with Crippen molar-refractivity contribution >= 4 is 21.8 Å². The summed E-state index contributed by atoms with van der Waals surface area (Å²) in [5, 5.41) is 0. The molecular weight excluding hydrogens is 218 g/mol. The number of fused-ring (bicyclic) bond motifs is 1. The molecular formula is C9H14BrNO. The van der Waals surface area contributed by atoms with Gasteiger partial charge in [0.2, 0.25) is 5.91 Å². The molecule has 12 heavy (non-hydrogen) atoms. The van der Waals surface area contributed by atoms with Crippen LogP contribution in [0.2, 0.25) is 0 Å². The zero-order valence-corrected chi connectivity index (χ0v) is 8.88. The molecule has 1 saturated heterocycles. The maximum Gasteiger partial charge on any atom is 0.236 e. The molecule has 2 fully saturated rings. The van der Waals surface area contributed by atoms with Crippen LogP contribution in [0.1, 0.15) is 19.8 Å². The quantitative estimate of drug-likeness (QED) is 0.629. The van der Waals surface area contributed by atoms with Crippen LogP contribution in [-0.2, 0) is 4.79 Å². The van der Waals surface area contributed by atoms with E-state index in [0.29, 0.717) is 0 Å². The molecule has 1 saturated carbocycles. The number of piperidine rings is 1. The average molecular weight is 232 g/mol. The van der Waals surface area contributed by atoms with Gasteiger partial charge in [0, 0.05) is 13.1 Å². The van der Waals surface area contributed by atoms with Crippen molar-refractivity contribution in [2.75, 3.05) is 13.1 Å². The Kier molecular flexibility index (Phi) is 2.15. The lowest BCUT2D eigenvalue weighted by molar-refractivity contribution is -0.131. The summed E-state index contributed by atoms with van der Waals surface area (Å²) in [6.45, 7) is 3.90. The number of halogens is 1. The van der Waals surface area contributed by atoms with E-state index in [9.17, 15) is 4.79 Å². The van der Waals surface area contributed by atoms with Gasteiger partial charge in [0.15, 0.2) is 0 Å². The van der Waals surface area contributed by atoms with Gasteiger partial charge in [0.05, 0.1) is 4.83 Å². The highest BCUT2D eigenvalue weighted by molar-refractivity contribution is 9.10. The summed E-state index contributed by atoms with van der Waals surface area (Å²) >= 11 is 3.32. The molecule has 1 aliphatic heterocycles. The number of carbonyl (C=O) groups excluding carboxylic acids is 1. The molecule has 2 aliphatic rings. The van der Waals surface area contributed by atoms with E-state index in [-0.39, 0.29) is 10.7 Å². The minimum absolute atomic E-state index is 0.00667. The maximum absolute atomic E-state index is 11.5. The summed E-state index contributed by atoms with van der Waals surface area (Å²) in [4.78, 5) is 13.5. The molecule has 0 aromatic rings. The smallest absolute Gasteiger partial charge is 0.236 e. The Morgan fingerprint density at radius 2 is 2.33 bits per heavy atom. The molecule has 0 radical (unpaired) electrons. The first-order chi connectivity index (χ1) is 5.68. The maximum atomic E-state index is 11.5. The molecule has 2 nitrogen and oxygen atoms in total. The summed E-state index contributed by atoms with van der Waals surface area (Å²) in [6, 6.07) is 0. The van der Waals surface area contributed by atoms with Gasteiger partial charge in [-0.3, -0.25) is 4.79 Å². The van der Waals surface area contributed by atoms with Crippen LogP contribution in [0.5, 0.6) is 0 Å². The Hall–Kier alpha value is -0.0500. The Morgan fingerprint density at radius 3 is 2.92 bits per heavy atom. The van der Waals surface area contributed by atoms with Gasteiger partial charge in [0.1, 0.15) is 0 Å². The second kappa shape index (κ2) is 3.02. The number of alkyl halides is 1. The summed E-state index contributed by atoms with van der Waals surface area (Å²) in [5.41, 5.74) is 0. The van der Waals surface area contributed by atoms with Gasteiger partial charge in [-0.15, -0.1) is 0 Å². The molecule has 1 heterocycles. The number of hydrogen-bond donors (Lipinski definition) is 0. The Balaban J connectivity index is 1.91. The number of nitrogens with zero attached hydrogens (tertiary/aromatic N) is 1. The van der Waals surface area contributed by atoms with E-state index in [4.69, 9.17) is 0 Å². The third-order valence-electron chi connectivity index (χ3n) is 2.95. The molecule has 3 unspecified atom stereocenters. The summed E-state index contributed by atoms with van der Waals surface area (Å²) < 4.78 is 0. The molecule has 2 rings (SSSR count). The SMILES string of the molecule is CC(Br)C(=O)N1CCC2CC2C1. The first-order valence-corrected chi connectivity index (χ1v) is 5.53. The van der Waals surface area contributed by atoms with Crippen LogP contribution in [0, 0.1) is 11.8 Å². The molecule has 3 heteroatoms. The van der Waals surface area contributed by atoms with Gasteiger partial charge in [-0.05, 0) is 31.6 Å². The van der Waals surface area contributed by atoms with Crippen molar-refractivity contribution in [1.29, 1.82) is 0 Å². The molecule has 0 N–H and O–H groups in total. The second-order valence-electron chi connectivity index (χ2n) is 3.94. The van der Waals surface area contributed by atoms with E-state index in [1.165, 1.54) is 12.8 Å². The van der Waals surface area contributed by atoms with Crippen LogP contribution in [-0.4, -0.2) is 28.7 Å². The van der Waals surface area contributed by atoms with E-state index in [1.807, 2.05) is 11.8 Å². The number of likely N-dealkylation sites (tertiary alicyclic amines) is 1. The van der Waals surface area contributed by atoms with Gasteiger partial charge in [-0.1, -0.05) is 15.9 Å². The molecule has 3 atom stereocenters. The van der Waals surface area contributed by atoms with Crippen LogP contribution in [0.4, 0.5) is 0 Å². The molecule has 1 aliphatic carbocycles. The van der Waals surface area contributed by atoms with Crippen molar-refractivity contribution in [3.63, 3.8) is 0 Å². The van der Waals surface area contributed by atoms with Crippen molar-refractivity contribution in [3.8, 4) is 0 Å². The second-order valence-corrected chi connectivity index (χ2v) is 5.32. The fourth-order valence-corrected chi connectivity index (χ4v) is 2.32. The molecule has 0 spiro atoms. The normalized spacial score (nSPS) is 35.7. The molecule has 0 aromatic heterocycles. The highest BCUT2D eigenvalue weighted by Crippen LogP contribution is 2.44. The summed E-state index contributed by atoms with van der Waals surface area (Å²) in [7, 11) is 0. The average Bonchev–Trinajstić information content (AvgIpc) is 2.79. The highest BCUT2D eigenvalue weighted by Gasteiger charge is 2.42. The third-order valence-corrected chi connectivity index (χ3v) is 3.34. The molecule has 1 amide bonds. The van der Waals surface area contributed by atoms with Gasteiger partial charge >= 0.3 is 0 Å². The fraction of sp³-hybridized carbons (Fsp3) is 0.889. The Morgan fingerprint density at radius 1 is 1.58 bits per heavy atom. The lowest BCUT2D eigenvalue weighted by Crippen LogP contribution is -2.40. The van der Waals surface area contributed by atoms with Crippen LogP contribution >= 0.6 is 15.9 Å². The monoisotopic (exact) mass is 231 g/mol. The van der Waals surface area contributed by atoms with Crippen molar-refractivity contribution < 1.29 is 4.79 Å². The first kappa shape index (κ1) is 8.54. The number of carbonyl (C=O) groups is 1. The zero-order chi connectivity index (χ0) is 8.72. The first-order valence-electron chi connectivity index (χ1n) is 4.61. The van der Waals surface area contributed by atoms with Crippen LogP contribution in [0.15, 0.2) is 0 Å². The lowest BCUT2D eigenvalue weighted by Gasteiger charge is -2.27. The highest BCUT2D eigenvalue weighted by atomic mass is 79.9. The summed E-state index contributed by atoms with van der Waals surface area (Å²) in [6.07, 6.45) is 2.59. The molecule has 68 valence electrons. The Bertz CT molecular complexity index is 205. The van der Waals surface area contributed by atoms with Gasteiger partial charge in [-0.2, -0.15) is 0 Å². The van der Waals surface area contributed by atoms with Gasteiger partial charge in [0.25, 0.3) is 0 Å². The lowest BCUT2D eigenvalue weighted by atomic mass is 10.1. The molecule has 0 bridgehead atoms. The topological polar surface area (TPSA) is 20.3 Å². The standard InChI is InChI=1S/C9H14BrNO/c1-6(10)9(12)11-3-2-7-4-8(7)5-11/h6-8H,2-5H2,1H3. The fourth-order valence-electron chi connectivity index (χ4n) is 2.04. The van der Waals surface area contributed by atoms with Gasteiger partial charge in [-0.25, -0.2) is 0 Å². The Labute approximate surface area is 81.4 Å². The largest absolute Gasteiger partial charge is 0.341 e. The van der Waals surface area contributed by atoms with Crippen molar-refractivity contribution in [1.82, 2.24) is 4.90 Å². The van der Waals surface area contributed by atoms with Crippen LogP contribution in [0.3, 0.4) is 0 Å².